The molecule has 1 amide bonds. The summed E-state index contributed by atoms with van der Waals surface area (Å²) in [6.45, 7) is 2.28. The molecular formula is C11H15NO3. The number of hydrogen-bond donors (Lipinski definition) is 1. The highest BCUT2D eigenvalue weighted by Gasteiger charge is 2.13. The molecule has 1 rings (SSSR count). The molecule has 0 heterocycles. The van der Waals surface area contributed by atoms with Crippen molar-refractivity contribution in [1.82, 2.24) is 0 Å². The maximum Gasteiger partial charge on any atom is 0.414 e. The first kappa shape index (κ1) is 11.5. The van der Waals surface area contributed by atoms with Crippen molar-refractivity contribution in [2.45, 2.75) is 6.92 Å². The second-order valence-electron chi connectivity index (χ2n) is 2.92. The van der Waals surface area contributed by atoms with Crippen LogP contribution in [-0.2, 0) is 4.74 Å². The van der Waals surface area contributed by atoms with Crippen molar-refractivity contribution in [3.8, 4) is 0 Å². The number of benzene rings is 1. The van der Waals surface area contributed by atoms with Crippen molar-refractivity contribution in [3.05, 3.63) is 30.3 Å². The standard InChI is InChI=1S/C11H15NO3/c1-2-12(11(14)15-9-8-13)10-6-4-3-5-7-10/h3-7,13H,2,8-9H2,1H3. The van der Waals surface area contributed by atoms with E-state index in [1.807, 2.05) is 37.3 Å². The van der Waals surface area contributed by atoms with Crippen molar-refractivity contribution in [2.24, 2.45) is 0 Å². The number of ether oxygens (including phenoxy) is 1. The van der Waals surface area contributed by atoms with E-state index >= 15 is 0 Å². The first-order valence-electron chi connectivity index (χ1n) is 4.89. The zero-order valence-corrected chi connectivity index (χ0v) is 8.72. The van der Waals surface area contributed by atoms with E-state index < -0.39 is 6.09 Å². The average Bonchev–Trinajstić information content (AvgIpc) is 2.29. The summed E-state index contributed by atoms with van der Waals surface area (Å²) in [5.74, 6) is 0. The zero-order valence-electron chi connectivity index (χ0n) is 8.72. The van der Waals surface area contributed by atoms with Gasteiger partial charge in [0.05, 0.1) is 6.61 Å². The molecule has 0 spiro atoms. The van der Waals surface area contributed by atoms with E-state index in [0.29, 0.717) is 6.54 Å². The average molecular weight is 209 g/mol. The van der Waals surface area contributed by atoms with Gasteiger partial charge in [0.2, 0.25) is 0 Å². The van der Waals surface area contributed by atoms with Gasteiger partial charge in [0.25, 0.3) is 0 Å². The quantitative estimate of drug-likeness (QED) is 0.820. The van der Waals surface area contributed by atoms with Gasteiger partial charge in [-0.15, -0.1) is 0 Å². The van der Waals surface area contributed by atoms with Crippen LogP contribution in [0.4, 0.5) is 10.5 Å². The Morgan fingerprint density at radius 1 is 1.40 bits per heavy atom. The fourth-order valence-corrected chi connectivity index (χ4v) is 1.24. The fraction of sp³-hybridized carbons (Fsp3) is 0.364. The summed E-state index contributed by atoms with van der Waals surface area (Å²) in [6, 6.07) is 9.28. The number of aliphatic hydroxyl groups excluding tert-OH is 1. The van der Waals surface area contributed by atoms with E-state index in [9.17, 15) is 4.79 Å². The largest absolute Gasteiger partial charge is 0.447 e. The van der Waals surface area contributed by atoms with Crippen molar-refractivity contribution >= 4 is 11.8 Å². The van der Waals surface area contributed by atoms with E-state index in [1.165, 1.54) is 4.90 Å². The van der Waals surface area contributed by atoms with Crippen molar-refractivity contribution < 1.29 is 14.6 Å². The molecular weight excluding hydrogens is 194 g/mol. The van der Waals surface area contributed by atoms with Gasteiger partial charge in [-0.2, -0.15) is 0 Å². The van der Waals surface area contributed by atoms with E-state index in [1.54, 1.807) is 0 Å². The Hall–Kier alpha value is -1.55. The third-order valence-corrected chi connectivity index (χ3v) is 1.92. The summed E-state index contributed by atoms with van der Waals surface area (Å²) in [5.41, 5.74) is 0.794. The van der Waals surface area contributed by atoms with E-state index in [-0.39, 0.29) is 13.2 Å². The molecule has 0 unspecified atom stereocenters. The molecule has 0 aliphatic rings. The molecule has 0 atom stereocenters. The van der Waals surface area contributed by atoms with Gasteiger partial charge < -0.3 is 9.84 Å². The van der Waals surface area contributed by atoms with Crippen LogP contribution in [0, 0.1) is 0 Å². The highest BCUT2D eigenvalue weighted by atomic mass is 16.6. The van der Waals surface area contributed by atoms with Crippen molar-refractivity contribution in [1.29, 1.82) is 0 Å². The number of nitrogens with zero attached hydrogens (tertiary/aromatic N) is 1. The van der Waals surface area contributed by atoms with Crippen LogP contribution in [0.5, 0.6) is 0 Å². The second-order valence-corrected chi connectivity index (χ2v) is 2.92. The molecule has 0 fully saturated rings. The molecule has 0 bridgehead atoms. The third-order valence-electron chi connectivity index (χ3n) is 1.92. The lowest BCUT2D eigenvalue weighted by molar-refractivity contribution is 0.125. The lowest BCUT2D eigenvalue weighted by atomic mass is 10.3. The smallest absolute Gasteiger partial charge is 0.414 e. The third kappa shape index (κ3) is 3.25. The first-order valence-corrected chi connectivity index (χ1v) is 4.89. The minimum absolute atomic E-state index is 0.0299. The van der Waals surface area contributed by atoms with Crippen LogP contribution in [0.25, 0.3) is 0 Å². The molecule has 0 radical (unpaired) electrons. The van der Waals surface area contributed by atoms with Gasteiger partial charge >= 0.3 is 6.09 Å². The Balaban J connectivity index is 2.67. The maximum absolute atomic E-state index is 11.5. The SMILES string of the molecule is CCN(C(=O)OCCO)c1ccccc1. The lowest BCUT2D eigenvalue weighted by Crippen LogP contribution is -2.31. The number of para-hydroxylation sites is 1. The molecule has 1 N–H and O–H groups in total. The summed E-state index contributed by atoms with van der Waals surface area (Å²) in [5, 5.41) is 8.54. The van der Waals surface area contributed by atoms with Crippen LogP contribution in [0.2, 0.25) is 0 Å². The van der Waals surface area contributed by atoms with Crippen LogP contribution >= 0.6 is 0 Å². The normalized spacial score (nSPS) is 9.73. The van der Waals surface area contributed by atoms with E-state index in [0.717, 1.165) is 5.69 Å². The molecule has 82 valence electrons. The lowest BCUT2D eigenvalue weighted by Gasteiger charge is -2.19. The number of hydrogen-bond acceptors (Lipinski definition) is 3. The molecule has 0 saturated carbocycles. The number of anilines is 1. The molecule has 0 aliphatic carbocycles. The number of carbonyl (C=O) groups excluding carboxylic acids is 1. The molecule has 15 heavy (non-hydrogen) atoms. The second kappa shape index (κ2) is 6.03. The van der Waals surface area contributed by atoms with E-state index in [4.69, 9.17) is 9.84 Å². The summed E-state index contributed by atoms with van der Waals surface area (Å²) >= 11 is 0. The monoisotopic (exact) mass is 209 g/mol. The fourth-order valence-electron chi connectivity index (χ4n) is 1.24. The van der Waals surface area contributed by atoms with Gasteiger partial charge in [-0.25, -0.2) is 4.79 Å². The summed E-state index contributed by atoms with van der Waals surface area (Å²) < 4.78 is 4.84. The van der Waals surface area contributed by atoms with Gasteiger partial charge in [0, 0.05) is 12.2 Å². The minimum Gasteiger partial charge on any atom is -0.447 e. The molecule has 0 aromatic heterocycles. The predicted octanol–water partition coefficient (Wildman–Crippen LogP) is 1.64. The van der Waals surface area contributed by atoms with Gasteiger partial charge in [-0.05, 0) is 19.1 Å². The summed E-state index contributed by atoms with van der Waals surface area (Å²) in [6.07, 6.45) is -0.433. The highest BCUT2D eigenvalue weighted by molar-refractivity contribution is 5.87. The first-order chi connectivity index (χ1) is 7.29. The summed E-state index contributed by atoms with van der Waals surface area (Å²) in [4.78, 5) is 13.0. The predicted molar refractivity (Wildman–Crippen MR) is 57.9 cm³/mol. The molecule has 4 heteroatoms. The minimum atomic E-state index is -0.433. The van der Waals surface area contributed by atoms with Gasteiger partial charge in [-0.1, -0.05) is 18.2 Å². The highest BCUT2D eigenvalue weighted by Crippen LogP contribution is 2.13. The molecule has 4 nitrogen and oxygen atoms in total. The Bertz CT molecular complexity index is 300. The number of rotatable bonds is 4. The van der Waals surface area contributed by atoms with Crippen LogP contribution in [-0.4, -0.2) is 31.0 Å². The molecule has 0 aliphatic heterocycles. The van der Waals surface area contributed by atoms with Crippen LogP contribution in [0.3, 0.4) is 0 Å². The summed E-state index contributed by atoms with van der Waals surface area (Å²) in [7, 11) is 0. The maximum atomic E-state index is 11.5. The Morgan fingerprint density at radius 2 is 2.07 bits per heavy atom. The van der Waals surface area contributed by atoms with Crippen LogP contribution < -0.4 is 4.90 Å². The van der Waals surface area contributed by atoms with Crippen molar-refractivity contribution in [3.63, 3.8) is 0 Å². The molecule has 0 saturated heterocycles. The van der Waals surface area contributed by atoms with Gasteiger partial charge in [-0.3, -0.25) is 4.90 Å². The Morgan fingerprint density at radius 3 is 2.60 bits per heavy atom. The van der Waals surface area contributed by atoms with Gasteiger partial charge in [0.1, 0.15) is 6.61 Å². The van der Waals surface area contributed by atoms with Gasteiger partial charge in [0.15, 0.2) is 0 Å². The van der Waals surface area contributed by atoms with Crippen molar-refractivity contribution in [2.75, 3.05) is 24.7 Å². The number of amides is 1. The molecule has 1 aromatic carbocycles. The van der Waals surface area contributed by atoms with E-state index in [2.05, 4.69) is 0 Å². The number of carbonyl (C=O) groups is 1. The number of aliphatic hydroxyl groups is 1. The Labute approximate surface area is 89.1 Å². The Kier molecular flexibility index (Phi) is 4.63. The van der Waals surface area contributed by atoms with Crippen LogP contribution in [0.1, 0.15) is 6.92 Å². The zero-order chi connectivity index (χ0) is 11.1. The molecule has 1 aromatic rings. The van der Waals surface area contributed by atoms with Crippen LogP contribution in [0.15, 0.2) is 30.3 Å². The topological polar surface area (TPSA) is 49.8 Å².